The Morgan fingerprint density at radius 3 is 2.80 bits per heavy atom. The van der Waals surface area contributed by atoms with E-state index in [0.29, 0.717) is 0 Å². The summed E-state index contributed by atoms with van der Waals surface area (Å²) in [6, 6.07) is 13.9. The molecular formula is C16H13BrN2O. The molecule has 100 valence electrons. The van der Waals surface area contributed by atoms with Crippen LogP contribution in [0.3, 0.4) is 0 Å². The standard InChI is InChI=1S/C16H13BrN2O/c1-11(20)19-10-15-13(8-14(17)9-18-15)7-6-12-4-2-3-5-16(12)19/h2-10,18H,1H3. The van der Waals surface area contributed by atoms with Crippen molar-refractivity contribution < 1.29 is 4.79 Å². The molecule has 0 fully saturated rings. The Kier molecular flexibility index (Phi) is 3.32. The zero-order chi connectivity index (χ0) is 14.1. The molecule has 0 spiro atoms. The van der Waals surface area contributed by atoms with E-state index < -0.39 is 0 Å². The number of hydrogen-bond acceptors (Lipinski definition) is 1. The molecule has 0 bridgehead atoms. The van der Waals surface area contributed by atoms with Gasteiger partial charge in [0, 0.05) is 29.4 Å². The third-order valence-corrected chi connectivity index (χ3v) is 3.66. The molecule has 1 aromatic rings. The number of benzene rings is 1. The Balaban J connectivity index is 2.49. The van der Waals surface area contributed by atoms with Crippen molar-refractivity contribution in [3.8, 4) is 11.3 Å². The lowest BCUT2D eigenvalue weighted by atomic mass is 10.1. The summed E-state index contributed by atoms with van der Waals surface area (Å²) in [5.74, 6) is -0.0185. The zero-order valence-corrected chi connectivity index (χ0v) is 12.5. The normalized spacial score (nSPS) is 10.7. The summed E-state index contributed by atoms with van der Waals surface area (Å²) in [5, 5.41) is 1.02. The van der Waals surface area contributed by atoms with Gasteiger partial charge in [0.1, 0.15) is 0 Å². The summed E-state index contributed by atoms with van der Waals surface area (Å²) in [5.41, 5.74) is 2.81. The lowest BCUT2D eigenvalue weighted by molar-refractivity contribution is 0.0941. The second-order valence-corrected chi connectivity index (χ2v) is 5.51. The Labute approximate surface area is 125 Å². The molecule has 20 heavy (non-hydrogen) atoms. The summed E-state index contributed by atoms with van der Waals surface area (Å²) in [6.45, 7) is 1.57. The lowest BCUT2D eigenvalue weighted by Crippen LogP contribution is -2.07. The van der Waals surface area contributed by atoms with Gasteiger partial charge in [-0.05, 0) is 33.4 Å². The molecule has 2 aliphatic rings. The Morgan fingerprint density at radius 1 is 1.20 bits per heavy atom. The van der Waals surface area contributed by atoms with Crippen LogP contribution in [-0.4, -0.2) is 15.5 Å². The summed E-state index contributed by atoms with van der Waals surface area (Å²) in [6.07, 6.45) is 3.70. The van der Waals surface area contributed by atoms with Crippen molar-refractivity contribution in [3.63, 3.8) is 0 Å². The van der Waals surface area contributed by atoms with Crippen LogP contribution in [0.15, 0.2) is 59.3 Å². The molecule has 1 aromatic carbocycles. The van der Waals surface area contributed by atoms with Gasteiger partial charge in [-0.3, -0.25) is 9.36 Å². The predicted octanol–water partition coefficient (Wildman–Crippen LogP) is 4.62. The van der Waals surface area contributed by atoms with Crippen LogP contribution < -0.4 is 0 Å². The molecule has 2 aliphatic heterocycles. The number of halogens is 1. The monoisotopic (exact) mass is 328 g/mol. The van der Waals surface area contributed by atoms with Gasteiger partial charge in [-0.1, -0.05) is 30.3 Å². The Hall–Kier alpha value is -2.07. The first-order valence-corrected chi connectivity index (χ1v) is 7.07. The summed E-state index contributed by atoms with van der Waals surface area (Å²) >= 11 is 3.45. The highest BCUT2D eigenvalue weighted by Gasteiger charge is 2.05. The maximum Gasteiger partial charge on any atom is 0.228 e. The summed E-state index contributed by atoms with van der Waals surface area (Å²) in [4.78, 5) is 15.1. The minimum atomic E-state index is -0.0185. The number of aromatic nitrogens is 2. The lowest BCUT2D eigenvalue weighted by Gasteiger charge is -2.10. The number of para-hydroxylation sites is 1. The van der Waals surface area contributed by atoms with Crippen molar-refractivity contribution in [3.05, 3.63) is 59.3 Å². The van der Waals surface area contributed by atoms with Gasteiger partial charge in [-0.15, -0.1) is 0 Å². The highest BCUT2D eigenvalue weighted by atomic mass is 79.9. The number of aromatic amines is 1. The van der Waals surface area contributed by atoms with Crippen molar-refractivity contribution >= 4 is 32.7 Å². The first kappa shape index (κ1) is 12.9. The summed E-state index contributed by atoms with van der Waals surface area (Å²) in [7, 11) is 0. The number of carbonyl (C=O) groups is 1. The Morgan fingerprint density at radius 2 is 2.00 bits per heavy atom. The average Bonchev–Trinajstić information content (AvgIpc) is 2.42. The van der Waals surface area contributed by atoms with Crippen LogP contribution in [0.2, 0.25) is 0 Å². The fourth-order valence-electron chi connectivity index (χ4n) is 2.23. The van der Waals surface area contributed by atoms with Gasteiger partial charge in [-0.25, -0.2) is 0 Å². The minimum Gasteiger partial charge on any atom is -0.359 e. The van der Waals surface area contributed by atoms with Gasteiger partial charge in [0.05, 0.1) is 11.2 Å². The molecule has 0 atom stereocenters. The van der Waals surface area contributed by atoms with Crippen molar-refractivity contribution in [2.45, 2.75) is 6.92 Å². The van der Waals surface area contributed by atoms with E-state index in [1.165, 1.54) is 0 Å². The topological polar surface area (TPSA) is 37.8 Å². The molecular weight excluding hydrogens is 316 g/mol. The number of carbonyl (C=O) groups excluding carboxylic acids is 1. The first-order chi connectivity index (χ1) is 9.65. The largest absolute Gasteiger partial charge is 0.359 e. The van der Waals surface area contributed by atoms with E-state index >= 15 is 0 Å². The minimum absolute atomic E-state index is 0.0185. The Bertz CT molecular complexity index is 814. The van der Waals surface area contributed by atoms with Gasteiger partial charge < -0.3 is 4.98 Å². The highest BCUT2D eigenvalue weighted by Crippen LogP contribution is 2.23. The number of hydrogen-bond donors (Lipinski definition) is 1. The summed E-state index contributed by atoms with van der Waals surface area (Å²) < 4.78 is 2.64. The molecule has 3 nitrogen and oxygen atoms in total. The fourth-order valence-corrected chi connectivity index (χ4v) is 2.60. The predicted molar refractivity (Wildman–Crippen MR) is 84.5 cm³/mol. The van der Waals surface area contributed by atoms with Gasteiger partial charge in [0.15, 0.2) is 0 Å². The van der Waals surface area contributed by atoms with E-state index in [1.807, 2.05) is 54.9 Å². The van der Waals surface area contributed by atoms with Crippen molar-refractivity contribution in [1.29, 1.82) is 0 Å². The van der Waals surface area contributed by atoms with E-state index in [-0.39, 0.29) is 5.91 Å². The number of nitrogens with one attached hydrogen (secondary N) is 1. The second-order valence-electron chi connectivity index (χ2n) is 4.60. The molecule has 0 radical (unpaired) electrons. The third kappa shape index (κ3) is 2.34. The second kappa shape index (κ2) is 5.13. The quantitative estimate of drug-likeness (QED) is 0.642. The molecule has 0 saturated heterocycles. The van der Waals surface area contributed by atoms with Crippen molar-refractivity contribution in [2.75, 3.05) is 0 Å². The molecule has 4 heteroatoms. The fraction of sp³-hybridized carbons (Fsp3) is 0.0625. The van der Waals surface area contributed by atoms with Crippen LogP contribution >= 0.6 is 15.9 Å². The van der Waals surface area contributed by atoms with E-state index in [1.54, 1.807) is 11.5 Å². The van der Waals surface area contributed by atoms with Crippen molar-refractivity contribution in [2.24, 2.45) is 0 Å². The number of H-pyrrole nitrogens is 1. The SMILES string of the molecule is CC(=O)n1cc2[nH]cc(Br)cc-2ccc2ccccc21. The number of pyridine rings is 1. The molecule has 0 amide bonds. The molecule has 0 aliphatic carbocycles. The van der Waals surface area contributed by atoms with E-state index in [2.05, 4.69) is 20.9 Å². The smallest absolute Gasteiger partial charge is 0.228 e. The van der Waals surface area contributed by atoms with Crippen LogP contribution in [0.5, 0.6) is 0 Å². The number of nitrogens with zero attached hydrogens (tertiary/aromatic N) is 1. The van der Waals surface area contributed by atoms with E-state index in [9.17, 15) is 4.79 Å². The third-order valence-electron chi connectivity index (χ3n) is 3.21. The maximum atomic E-state index is 12.0. The molecule has 1 N–H and O–H groups in total. The van der Waals surface area contributed by atoms with E-state index in [0.717, 1.165) is 26.6 Å². The van der Waals surface area contributed by atoms with Crippen molar-refractivity contribution in [1.82, 2.24) is 9.55 Å². The zero-order valence-electron chi connectivity index (χ0n) is 10.9. The van der Waals surface area contributed by atoms with E-state index in [4.69, 9.17) is 0 Å². The number of fused-ring (bicyclic) bond motifs is 2. The highest BCUT2D eigenvalue weighted by molar-refractivity contribution is 9.10. The number of rotatable bonds is 0. The van der Waals surface area contributed by atoms with Crippen LogP contribution in [-0.2, 0) is 0 Å². The maximum absolute atomic E-state index is 12.0. The van der Waals surface area contributed by atoms with Gasteiger partial charge in [0.2, 0.25) is 5.91 Å². The molecule has 3 rings (SSSR count). The first-order valence-electron chi connectivity index (χ1n) is 6.28. The van der Waals surface area contributed by atoms with Gasteiger partial charge >= 0.3 is 0 Å². The molecule has 2 heterocycles. The average molecular weight is 329 g/mol. The van der Waals surface area contributed by atoms with Gasteiger partial charge in [-0.2, -0.15) is 0 Å². The van der Waals surface area contributed by atoms with Gasteiger partial charge in [0.25, 0.3) is 0 Å². The van der Waals surface area contributed by atoms with Crippen LogP contribution in [0.25, 0.3) is 22.2 Å². The molecule has 0 unspecified atom stereocenters. The van der Waals surface area contributed by atoms with Crippen LogP contribution in [0.1, 0.15) is 11.7 Å². The molecule has 0 saturated carbocycles. The van der Waals surface area contributed by atoms with Crippen LogP contribution in [0.4, 0.5) is 0 Å². The molecule has 0 aromatic heterocycles. The van der Waals surface area contributed by atoms with Crippen LogP contribution in [0, 0.1) is 0 Å².